The number of benzene rings is 1. The molecule has 0 aliphatic carbocycles. The molecule has 1 amide bonds. The predicted molar refractivity (Wildman–Crippen MR) is 69.0 cm³/mol. The summed E-state index contributed by atoms with van der Waals surface area (Å²) >= 11 is 0. The maximum absolute atomic E-state index is 11.8. The quantitative estimate of drug-likeness (QED) is 0.833. The van der Waals surface area contributed by atoms with E-state index in [0.29, 0.717) is 6.42 Å². The molecule has 2 rings (SSSR count). The first-order valence-corrected chi connectivity index (χ1v) is 5.64. The summed E-state index contributed by atoms with van der Waals surface area (Å²) in [4.78, 5) is 14.8. The van der Waals surface area contributed by atoms with E-state index in [4.69, 9.17) is 0 Å². The van der Waals surface area contributed by atoms with Gasteiger partial charge in [-0.2, -0.15) is 0 Å². The number of rotatable bonds is 3. The highest BCUT2D eigenvalue weighted by Gasteiger charge is 2.06. The van der Waals surface area contributed by atoms with Crippen LogP contribution in [0.15, 0.2) is 36.5 Å². The summed E-state index contributed by atoms with van der Waals surface area (Å²) in [5.74, 6) is 0.00106. The highest BCUT2D eigenvalue weighted by molar-refractivity contribution is 5.92. The number of carbonyl (C=O) groups is 1. The first kappa shape index (κ1) is 11.5. The Bertz CT molecular complexity index is 515. The van der Waals surface area contributed by atoms with Gasteiger partial charge >= 0.3 is 0 Å². The molecule has 0 spiro atoms. The Kier molecular flexibility index (Phi) is 3.28. The molecule has 1 aromatic carbocycles. The molecule has 0 bridgehead atoms. The molecule has 1 aromatic heterocycles. The Morgan fingerprint density at radius 3 is 2.82 bits per heavy atom. The lowest BCUT2D eigenvalue weighted by Crippen LogP contribution is -2.15. The van der Waals surface area contributed by atoms with Gasteiger partial charge in [-0.3, -0.25) is 4.79 Å². The van der Waals surface area contributed by atoms with Crippen LogP contribution in [0.5, 0.6) is 0 Å². The van der Waals surface area contributed by atoms with Crippen molar-refractivity contribution < 1.29 is 4.79 Å². The second kappa shape index (κ2) is 4.87. The Labute approximate surface area is 101 Å². The van der Waals surface area contributed by atoms with Crippen molar-refractivity contribution in [2.45, 2.75) is 20.3 Å². The van der Waals surface area contributed by atoms with Crippen LogP contribution in [0.1, 0.15) is 16.8 Å². The summed E-state index contributed by atoms with van der Waals surface area (Å²) in [5.41, 5.74) is 4.04. The lowest BCUT2D eigenvalue weighted by atomic mass is 10.1. The number of aryl methyl sites for hydroxylation is 2. The summed E-state index contributed by atoms with van der Waals surface area (Å²) in [7, 11) is 0. The lowest BCUT2D eigenvalue weighted by Gasteiger charge is -2.08. The van der Waals surface area contributed by atoms with Gasteiger partial charge < -0.3 is 10.3 Å². The molecule has 3 nitrogen and oxygen atoms in total. The molecule has 0 unspecified atom stereocenters. The van der Waals surface area contributed by atoms with Gasteiger partial charge in [-0.1, -0.05) is 12.1 Å². The maximum Gasteiger partial charge on any atom is 0.230 e. The van der Waals surface area contributed by atoms with Crippen molar-refractivity contribution in [3.05, 3.63) is 53.3 Å². The van der Waals surface area contributed by atoms with Crippen molar-refractivity contribution in [1.29, 1.82) is 0 Å². The number of amides is 1. The van der Waals surface area contributed by atoms with Crippen molar-refractivity contribution in [1.82, 2.24) is 4.98 Å². The monoisotopic (exact) mass is 228 g/mol. The van der Waals surface area contributed by atoms with Crippen LogP contribution in [0.4, 0.5) is 5.69 Å². The van der Waals surface area contributed by atoms with E-state index in [1.165, 1.54) is 0 Å². The molecule has 88 valence electrons. The van der Waals surface area contributed by atoms with Crippen LogP contribution in [0.3, 0.4) is 0 Å². The normalized spacial score (nSPS) is 10.2. The molecule has 0 saturated carbocycles. The number of carbonyl (C=O) groups excluding carboxylic acids is 1. The van der Waals surface area contributed by atoms with Gasteiger partial charge in [-0.05, 0) is 43.2 Å². The zero-order chi connectivity index (χ0) is 12.3. The molecule has 0 atom stereocenters. The van der Waals surface area contributed by atoms with Crippen LogP contribution in [0.2, 0.25) is 0 Å². The number of aromatic nitrogens is 1. The van der Waals surface area contributed by atoms with Crippen LogP contribution in [0, 0.1) is 13.8 Å². The first-order chi connectivity index (χ1) is 8.15. The van der Waals surface area contributed by atoms with E-state index in [1.807, 2.05) is 50.4 Å². The summed E-state index contributed by atoms with van der Waals surface area (Å²) in [6.45, 7) is 4.00. The van der Waals surface area contributed by atoms with Gasteiger partial charge in [0.2, 0.25) is 5.91 Å². The topological polar surface area (TPSA) is 44.9 Å². The number of anilines is 1. The Morgan fingerprint density at radius 2 is 2.12 bits per heavy atom. The van der Waals surface area contributed by atoms with Crippen LogP contribution in [-0.4, -0.2) is 10.9 Å². The van der Waals surface area contributed by atoms with Crippen molar-refractivity contribution in [3.63, 3.8) is 0 Å². The Balaban J connectivity index is 2.05. The second-order valence-corrected chi connectivity index (χ2v) is 4.24. The van der Waals surface area contributed by atoms with Gasteiger partial charge in [-0.15, -0.1) is 0 Å². The summed E-state index contributed by atoms with van der Waals surface area (Å²) in [6.07, 6.45) is 2.20. The minimum atomic E-state index is 0.00106. The molecular weight excluding hydrogens is 212 g/mol. The number of aromatic amines is 1. The van der Waals surface area contributed by atoms with Crippen LogP contribution < -0.4 is 5.32 Å². The molecule has 0 aliphatic heterocycles. The average Bonchev–Trinajstić information content (AvgIpc) is 2.76. The molecule has 0 radical (unpaired) electrons. The second-order valence-electron chi connectivity index (χ2n) is 4.24. The van der Waals surface area contributed by atoms with Crippen molar-refractivity contribution in [2.75, 3.05) is 5.32 Å². The molecule has 0 fully saturated rings. The summed E-state index contributed by atoms with van der Waals surface area (Å²) in [5, 5.41) is 2.93. The SMILES string of the molecule is Cc1ccc(C)c(NC(=O)Cc2ccc[nH]2)c1. The molecule has 2 aromatic rings. The van der Waals surface area contributed by atoms with E-state index in [-0.39, 0.29) is 5.91 Å². The molecule has 0 saturated heterocycles. The van der Waals surface area contributed by atoms with Gasteiger partial charge in [0.05, 0.1) is 6.42 Å². The largest absolute Gasteiger partial charge is 0.365 e. The third-order valence-corrected chi connectivity index (χ3v) is 2.68. The van der Waals surface area contributed by atoms with Gasteiger partial charge in [0.15, 0.2) is 0 Å². The van der Waals surface area contributed by atoms with Crippen LogP contribution in [0.25, 0.3) is 0 Å². The molecule has 0 aliphatic rings. The molecule has 1 heterocycles. The predicted octanol–water partition coefficient (Wildman–Crippen LogP) is 2.81. The summed E-state index contributed by atoms with van der Waals surface area (Å²) < 4.78 is 0. The molecule has 17 heavy (non-hydrogen) atoms. The van der Waals surface area contributed by atoms with E-state index < -0.39 is 0 Å². The van der Waals surface area contributed by atoms with Gasteiger partial charge in [0, 0.05) is 17.6 Å². The third kappa shape index (κ3) is 2.97. The fourth-order valence-electron chi connectivity index (χ4n) is 1.72. The fraction of sp³-hybridized carbons (Fsp3) is 0.214. The maximum atomic E-state index is 11.8. The first-order valence-electron chi connectivity index (χ1n) is 5.64. The number of H-pyrrole nitrogens is 1. The highest BCUT2D eigenvalue weighted by atomic mass is 16.1. The van der Waals surface area contributed by atoms with E-state index in [1.54, 1.807) is 0 Å². The van der Waals surface area contributed by atoms with Crippen LogP contribution in [-0.2, 0) is 11.2 Å². The third-order valence-electron chi connectivity index (χ3n) is 2.68. The lowest BCUT2D eigenvalue weighted by molar-refractivity contribution is -0.115. The van der Waals surface area contributed by atoms with Gasteiger partial charge in [-0.25, -0.2) is 0 Å². The molecule has 3 heteroatoms. The van der Waals surface area contributed by atoms with E-state index in [9.17, 15) is 4.79 Å². The van der Waals surface area contributed by atoms with E-state index in [2.05, 4.69) is 10.3 Å². The Morgan fingerprint density at radius 1 is 1.29 bits per heavy atom. The number of hydrogen-bond acceptors (Lipinski definition) is 1. The van der Waals surface area contributed by atoms with Crippen molar-refractivity contribution in [2.24, 2.45) is 0 Å². The van der Waals surface area contributed by atoms with Gasteiger partial charge in [0.1, 0.15) is 0 Å². The summed E-state index contributed by atoms with van der Waals surface area (Å²) in [6, 6.07) is 9.83. The van der Waals surface area contributed by atoms with Gasteiger partial charge in [0.25, 0.3) is 0 Å². The Hall–Kier alpha value is -2.03. The highest BCUT2D eigenvalue weighted by Crippen LogP contribution is 2.16. The molecular formula is C14H16N2O. The van der Waals surface area contributed by atoms with Crippen molar-refractivity contribution in [3.8, 4) is 0 Å². The van der Waals surface area contributed by atoms with E-state index in [0.717, 1.165) is 22.5 Å². The smallest absolute Gasteiger partial charge is 0.230 e. The van der Waals surface area contributed by atoms with E-state index >= 15 is 0 Å². The number of hydrogen-bond donors (Lipinski definition) is 2. The van der Waals surface area contributed by atoms with Crippen LogP contribution >= 0.6 is 0 Å². The fourth-order valence-corrected chi connectivity index (χ4v) is 1.72. The standard InChI is InChI=1S/C14H16N2O/c1-10-5-6-11(2)13(8-10)16-14(17)9-12-4-3-7-15-12/h3-8,15H,9H2,1-2H3,(H,16,17). The van der Waals surface area contributed by atoms with Crippen molar-refractivity contribution >= 4 is 11.6 Å². The minimum Gasteiger partial charge on any atom is -0.365 e. The average molecular weight is 228 g/mol. The minimum absolute atomic E-state index is 0.00106. The molecule has 2 N–H and O–H groups in total. The zero-order valence-electron chi connectivity index (χ0n) is 10.1. The number of nitrogens with one attached hydrogen (secondary N) is 2. The zero-order valence-corrected chi connectivity index (χ0v) is 10.1.